The van der Waals surface area contributed by atoms with Crippen LogP contribution in [0.15, 0.2) is 267 Å². The molecule has 2 unspecified atom stereocenters. The number of aliphatic carboxylic acids is 1. The third-order valence-electron chi connectivity index (χ3n) is 16.9. The number of Topliss-reactive ketones (excluding diaryl/α,β-unsaturated/α-hetero) is 1. The van der Waals surface area contributed by atoms with Crippen LogP contribution in [0.25, 0.3) is 0 Å². The van der Waals surface area contributed by atoms with Crippen molar-refractivity contribution in [3.05, 3.63) is 278 Å². The first-order valence-corrected chi connectivity index (χ1v) is 45.3. The molecular weight excluding hydrogens is 1650 g/mol. The smallest absolute Gasteiger partial charge is 0.870 e. The molecule has 20 nitrogen and oxygen atoms in total. The number of hydrogen-bond donors (Lipinski definition) is 6. The Bertz CT molecular complexity index is 3760. The normalized spacial score (nSPS) is 12.0. The third-order valence-corrected chi connectivity index (χ3v) is 16.9. The molecule has 0 fully saturated rings. The quantitative estimate of drug-likeness (QED) is 0.0118. The van der Waals surface area contributed by atoms with Crippen molar-refractivity contribution in [1.29, 1.82) is 0 Å². The van der Waals surface area contributed by atoms with Crippen molar-refractivity contribution in [2.75, 3.05) is 19.7 Å². The van der Waals surface area contributed by atoms with E-state index in [-0.39, 0.29) is 107 Å². The molecule has 2 rings (SSSR count). The fraction of sp³-hybridized carbons (Fsp3) is 0.459. The van der Waals surface area contributed by atoms with Gasteiger partial charge in [0.15, 0.2) is 0 Å². The van der Waals surface area contributed by atoms with E-state index in [9.17, 15) is 33.6 Å². The number of hydrogen-bond acceptors (Lipinski definition) is 16. The first-order valence-electron chi connectivity index (χ1n) is 45.8. The number of carboxylic acids is 2. The summed E-state index contributed by atoms with van der Waals surface area (Å²) in [5, 5.41) is 31.5. The van der Waals surface area contributed by atoms with Gasteiger partial charge >= 0.3 is 65.7 Å². The number of benzene rings is 2. The number of ether oxygens (including phenoxy) is 2. The Morgan fingerprint density at radius 1 is 0.423 bits per heavy atom. The van der Waals surface area contributed by atoms with Crippen molar-refractivity contribution < 1.29 is 114 Å². The maximum atomic E-state index is 13.0. The molecule has 2 atom stereocenters. The summed E-state index contributed by atoms with van der Waals surface area (Å²) in [6, 6.07) is 11.6. The number of aromatic carboxylic acids is 1. The molecule has 2 aromatic carbocycles. The molecule has 21 heteroatoms. The summed E-state index contributed by atoms with van der Waals surface area (Å²) in [6.07, 6.45) is 110. The standard InChI is InChI=1S/C38H52O5.2C27H43NO.C7H6O3.C6H13NO2.C2H2.2CO2.Na.H2O/c1-5-7-8-9-10-11-12-13-14-15-16-17-18-19-20-21-22-23-24-27-34(39)31-33(30-32(3)4)37(40)43-36-29-26-25-28-35(36)38(41)42-6-2;2*1-4-5-6-7-8-9-10-11-12-13-14-15-16-17-18-19-20-21-22-23-27(29)28-25-24-26(2)3;8-6-4-2-1-3-5(6)7(9)10;1-4(2)3-5(7)6(8)9;1-2;2*2-1-3;;/h7-8,10-11,13-14,16-17,19-20,22-23,25-26,28-29,32-33H,5-6,9,12,15,18,21,24,27,30-31H2,1-4H3;2*5-6,8-9,11-12,14-15,17-18,20-21,26H,4,7,10,13,16,19,22-25H2,1-3H3,(H,28,29);1-4,8H,(H,9,10);4-5H,3,7H2,1-2H3,(H,8,9);1-2H;;;;1H2/q;;;;;;;;+1;/p-1/b8-7-,11-10-,14-13-,17-16-,20-19-,23-22-;2*6-5-,9-8-,12-11-,15-14-,18-17-,21-20-;;;;;;;/i;;;;;1D;;;;. The molecule has 0 radical (unpaired) electrons. The van der Waals surface area contributed by atoms with Gasteiger partial charge in [-0.25, -0.2) is 9.59 Å². The Kier molecular flexibility index (Phi) is 111. The van der Waals surface area contributed by atoms with Crippen LogP contribution in [-0.4, -0.2) is 100 Å². The summed E-state index contributed by atoms with van der Waals surface area (Å²) in [7, 11) is 0. The molecule has 130 heavy (non-hydrogen) atoms. The molecule has 0 saturated heterocycles. The number of carbonyl (C=O) groups excluding carboxylic acids is 9. The number of carbonyl (C=O) groups is 7. The van der Waals surface area contributed by atoms with Gasteiger partial charge in [0, 0.05) is 38.8 Å². The number of phenols is 1. The van der Waals surface area contributed by atoms with Gasteiger partial charge in [0.1, 0.15) is 35.8 Å². The zero-order valence-electron chi connectivity index (χ0n) is 81.7. The van der Waals surface area contributed by atoms with Gasteiger partial charge < -0.3 is 46.6 Å². The zero-order chi connectivity index (χ0) is 97.5. The number of aromatic hydroxyl groups is 1. The largest absolute Gasteiger partial charge is 1.00 e. The van der Waals surface area contributed by atoms with E-state index in [1.54, 1.807) is 43.3 Å². The summed E-state index contributed by atoms with van der Waals surface area (Å²) in [5.74, 6) is -1.47. The van der Waals surface area contributed by atoms with E-state index in [0.717, 1.165) is 154 Å². The Balaban J connectivity index is -0.000000253. The van der Waals surface area contributed by atoms with E-state index in [2.05, 4.69) is 278 Å². The van der Waals surface area contributed by atoms with E-state index in [1.807, 2.05) is 33.8 Å². The molecule has 0 saturated carbocycles. The topological polar surface area (TPSA) is 347 Å². The Morgan fingerprint density at radius 2 is 0.692 bits per heavy atom. The third kappa shape index (κ3) is 108. The maximum Gasteiger partial charge on any atom is 1.00 e. The molecule has 714 valence electrons. The Morgan fingerprint density at radius 3 is 0.938 bits per heavy atom. The number of amides is 2. The summed E-state index contributed by atoms with van der Waals surface area (Å²) < 4.78 is 16.4. The summed E-state index contributed by atoms with van der Waals surface area (Å²) >= 11 is 0. The van der Waals surface area contributed by atoms with Crippen molar-refractivity contribution in [2.24, 2.45) is 35.3 Å². The number of ketones is 1. The minimum absolute atomic E-state index is 0. The minimum atomic E-state index is -1.11. The number of rotatable bonds is 60. The van der Waals surface area contributed by atoms with Gasteiger partial charge in [0.25, 0.3) is 0 Å². The second-order valence-electron chi connectivity index (χ2n) is 30.2. The molecule has 0 aliphatic carbocycles. The van der Waals surface area contributed by atoms with Crippen LogP contribution in [0.4, 0.5) is 0 Å². The molecule has 0 heterocycles. The first-order chi connectivity index (χ1) is 62.2. The van der Waals surface area contributed by atoms with E-state index in [0.29, 0.717) is 56.3 Å². The van der Waals surface area contributed by atoms with E-state index in [4.69, 9.17) is 51.1 Å². The van der Waals surface area contributed by atoms with Gasteiger partial charge in [-0.05, 0) is 215 Å². The van der Waals surface area contributed by atoms with Crippen LogP contribution in [0.3, 0.4) is 0 Å². The molecule has 0 bridgehead atoms. The first kappa shape index (κ1) is 132. The van der Waals surface area contributed by atoms with E-state index < -0.39 is 35.8 Å². The molecule has 2 aromatic rings. The van der Waals surface area contributed by atoms with Gasteiger partial charge in [0.2, 0.25) is 11.8 Å². The Labute approximate surface area is 806 Å². The van der Waals surface area contributed by atoms with Crippen LogP contribution < -0.4 is 50.7 Å². The van der Waals surface area contributed by atoms with Gasteiger partial charge in [-0.15, -0.1) is 12.8 Å². The molecule has 0 aliphatic heterocycles. The number of esters is 2. The summed E-state index contributed by atoms with van der Waals surface area (Å²) in [5.41, 5.74) is 5.35. The van der Waals surface area contributed by atoms with Crippen LogP contribution in [0.1, 0.15) is 291 Å². The van der Waals surface area contributed by atoms with Crippen LogP contribution in [0, 0.1) is 42.4 Å². The van der Waals surface area contributed by atoms with Crippen molar-refractivity contribution >= 4 is 53.8 Å². The Hall–Kier alpha value is -10.7. The molecule has 0 spiro atoms. The second kappa shape index (κ2) is 109. The van der Waals surface area contributed by atoms with Crippen LogP contribution >= 0.6 is 0 Å². The minimum Gasteiger partial charge on any atom is -0.870 e. The molecule has 0 aromatic heterocycles. The maximum absolute atomic E-state index is 13.0. The van der Waals surface area contributed by atoms with Gasteiger partial charge in [0.05, 0.1) is 12.5 Å². The van der Waals surface area contributed by atoms with Gasteiger partial charge in [-0.2, -0.15) is 19.2 Å². The van der Waals surface area contributed by atoms with E-state index in [1.165, 1.54) is 18.5 Å². The number of nitrogens with one attached hydrogen (secondary N) is 2. The van der Waals surface area contributed by atoms with Gasteiger partial charge in [-0.1, -0.05) is 319 Å². The number of allylic oxidation sites excluding steroid dienone is 36. The van der Waals surface area contributed by atoms with Crippen molar-refractivity contribution in [3.8, 4) is 24.3 Å². The van der Waals surface area contributed by atoms with Crippen molar-refractivity contribution in [1.82, 2.24) is 10.6 Å². The number of terminal acetylenes is 1. The predicted octanol–water partition coefficient (Wildman–Crippen LogP) is 22.6. The molecule has 2 amide bonds. The summed E-state index contributed by atoms with van der Waals surface area (Å²) in [4.78, 5) is 114. The fourth-order valence-electron chi connectivity index (χ4n) is 10.4. The fourth-order valence-corrected chi connectivity index (χ4v) is 10.4. The van der Waals surface area contributed by atoms with Crippen LogP contribution in [-0.2, 0) is 47.9 Å². The number of para-hydroxylation sites is 2. The average Bonchev–Trinajstić information content (AvgIpc) is 0.844. The predicted molar refractivity (Wildman–Crippen MR) is 530 cm³/mol. The van der Waals surface area contributed by atoms with E-state index >= 15 is 0 Å². The van der Waals surface area contributed by atoms with Crippen LogP contribution in [0.5, 0.6) is 11.5 Å². The molecule has 8 N–H and O–H groups in total. The van der Waals surface area contributed by atoms with Gasteiger partial charge in [-0.3, -0.25) is 24.0 Å². The number of carboxylic acid groups (broad SMARTS) is 2. The summed E-state index contributed by atoms with van der Waals surface area (Å²) in [6.45, 7) is 26.6. The second-order valence-corrected chi connectivity index (χ2v) is 30.2. The van der Waals surface area contributed by atoms with Crippen molar-refractivity contribution in [3.63, 3.8) is 0 Å². The average molecular weight is 1810 g/mol. The zero-order valence-corrected chi connectivity index (χ0v) is 82.7. The monoisotopic (exact) mass is 1810 g/mol. The van der Waals surface area contributed by atoms with Crippen LogP contribution in [0.2, 0.25) is 0 Å². The SMILES string of the molecule is CC(C)CC(N)C(=O)O.CC/C=C\C/C=C\C/C=C\C/C=C\C/C=C\C/C=C\CCC(=O)CC(CC(C)C)C(=O)Oc1ccccc1C(=O)OCC.CC/C=C\C/C=C\C/C=C\C/C=C\C/C=C\C/C=C\CCC(=O)NCCC(C)C.CC/C=C\C/C=C\C/C=C\C/C=C\C/C=C\C/C=C\CCC(=O)NCCC(C)C.O=C(O)c1ccccc1O.O=C=O.O=C=O.[2H]C#C.[Na+].[OH-]. The molecule has 0 aliphatic rings. The molecular formula is C109H160N3NaO17. The van der Waals surface area contributed by atoms with Crippen molar-refractivity contribution in [2.45, 2.75) is 275 Å². The number of nitrogens with two attached hydrogens (primary N) is 1.